The Morgan fingerprint density at radius 3 is 1.33 bits per heavy atom. The Hall–Kier alpha value is -5.80. The summed E-state index contributed by atoms with van der Waals surface area (Å²) in [5.74, 6) is 0. The van der Waals surface area contributed by atoms with Crippen LogP contribution in [0.5, 0.6) is 0 Å². The summed E-state index contributed by atoms with van der Waals surface area (Å²) in [4.78, 5) is 6.95. The molecule has 0 saturated carbocycles. The van der Waals surface area contributed by atoms with Crippen LogP contribution >= 0.6 is 0 Å². The zero-order valence-electron chi connectivity index (χ0n) is 27.3. The van der Waals surface area contributed by atoms with Crippen LogP contribution < -0.4 is 14.7 Å². The van der Waals surface area contributed by atoms with Crippen molar-refractivity contribution in [1.29, 1.82) is 0 Å². The Labute approximate surface area is 283 Å². The van der Waals surface area contributed by atoms with Gasteiger partial charge in [0.15, 0.2) is 0 Å². The number of para-hydroxylation sites is 2. The maximum atomic E-state index is 2.40. The molecule has 234 valence electrons. The lowest BCUT2D eigenvalue weighted by Crippen LogP contribution is -2.13. The SMILES string of the molecule is CN(c1ccc(N(c2ccccc2)c2ccc3c(c2)CCCC3)cc1)c1ccc(N(c2ccccc2)c2ccc3ccccc3c2)cc1. The summed E-state index contributed by atoms with van der Waals surface area (Å²) in [5.41, 5.74) is 12.2. The van der Waals surface area contributed by atoms with Gasteiger partial charge in [0.1, 0.15) is 0 Å². The lowest BCUT2D eigenvalue weighted by molar-refractivity contribution is 0.685. The molecule has 0 aromatic heterocycles. The second kappa shape index (κ2) is 13.1. The highest BCUT2D eigenvalue weighted by Crippen LogP contribution is 2.39. The molecule has 3 nitrogen and oxygen atoms in total. The molecule has 0 fully saturated rings. The number of hydrogen-bond donors (Lipinski definition) is 0. The van der Waals surface area contributed by atoms with Crippen molar-refractivity contribution in [2.75, 3.05) is 21.7 Å². The molecule has 7 aromatic carbocycles. The average molecular weight is 622 g/mol. The number of anilines is 8. The van der Waals surface area contributed by atoms with Gasteiger partial charge in [-0.3, -0.25) is 0 Å². The summed E-state index contributed by atoms with van der Waals surface area (Å²) in [6, 6.07) is 61.3. The summed E-state index contributed by atoms with van der Waals surface area (Å²) in [7, 11) is 2.14. The van der Waals surface area contributed by atoms with E-state index in [1.165, 1.54) is 59.0 Å². The maximum Gasteiger partial charge on any atom is 0.0468 e. The van der Waals surface area contributed by atoms with Crippen molar-refractivity contribution in [3.63, 3.8) is 0 Å². The van der Waals surface area contributed by atoms with Crippen molar-refractivity contribution in [2.45, 2.75) is 25.7 Å². The van der Waals surface area contributed by atoms with Gasteiger partial charge < -0.3 is 14.7 Å². The third-order valence-corrected chi connectivity index (χ3v) is 9.60. The predicted octanol–water partition coefficient (Wildman–Crippen LogP) is 12.4. The van der Waals surface area contributed by atoms with Gasteiger partial charge in [-0.1, -0.05) is 72.8 Å². The van der Waals surface area contributed by atoms with Crippen LogP contribution in [-0.2, 0) is 12.8 Å². The van der Waals surface area contributed by atoms with Crippen LogP contribution in [0.2, 0.25) is 0 Å². The zero-order chi connectivity index (χ0) is 32.3. The molecule has 0 amide bonds. The van der Waals surface area contributed by atoms with Crippen LogP contribution in [0.1, 0.15) is 24.0 Å². The first kappa shape index (κ1) is 29.6. The normalized spacial score (nSPS) is 12.4. The number of fused-ring (bicyclic) bond motifs is 2. The highest BCUT2D eigenvalue weighted by atomic mass is 15.2. The van der Waals surface area contributed by atoms with Gasteiger partial charge in [-0.25, -0.2) is 0 Å². The van der Waals surface area contributed by atoms with E-state index >= 15 is 0 Å². The van der Waals surface area contributed by atoms with Gasteiger partial charge in [0.25, 0.3) is 0 Å². The molecule has 0 unspecified atom stereocenters. The van der Waals surface area contributed by atoms with Gasteiger partial charge in [0.05, 0.1) is 0 Å². The smallest absolute Gasteiger partial charge is 0.0468 e. The molecule has 0 spiro atoms. The fourth-order valence-corrected chi connectivity index (χ4v) is 7.02. The molecule has 3 heteroatoms. The highest BCUT2D eigenvalue weighted by molar-refractivity contribution is 5.89. The quantitative estimate of drug-likeness (QED) is 0.167. The van der Waals surface area contributed by atoms with Crippen molar-refractivity contribution in [3.8, 4) is 0 Å². The standard InChI is InChI=1S/C45H39N3/c1-46(38-24-28-42(29-25-38)47(40-16-4-2-5-17-40)44-22-20-34-12-8-10-14-36(34)32-44)39-26-30-43(31-27-39)48(41-18-6-3-7-19-41)45-23-21-35-13-9-11-15-37(35)33-45/h2-8,10,12,14,16-33H,9,11,13,15H2,1H3. The summed E-state index contributed by atoms with van der Waals surface area (Å²) in [5, 5.41) is 2.47. The van der Waals surface area contributed by atoms with E-state index in [0.717, 1.165) is 34.1 Å². The van der Waals surface area contributed by atoms with E-state index in [9.17, 15) is 0 Å². The molecule has 0 radical (unpaired) electrons. The first-order chi connectivity index (χ1) is 23.7. The molecule has 0 aliphatic heterocycles. The highest BCUT2D eigenvalue weighted by Gasteiger charge is 2.17. The van der Waals surface area contributed by atoms with E-state index in [1.807, 2.05) is 0 Å². The molecular weight excluding hydrogens is 583 g/mol. The van der Waals surface area contributed by atoms with Gasteiger partial charge in [0.2, 0.25) is 0 Å². The molecule has 0 bridgehead atoms. The lowest BCUT2D eigenvalue weighted by atomic mass is 9.91. The molecular formula is C45H39N3. The van der Waals surface area contributed by atoms with Crippen molar-refractivity contribution in [1.82, 2.24) is 0 Å². The van der Waals surface area contributed by atoms with Crippen LogP contribution in [0.15, 0.2) is 170 Å². The van der Waals surface area contributed by atoms with Crippen LogP contribution in [0.25, 0.3) is 10.8 Å². The predicted molar refractivity (Wildman–Crippen MR) is 204 cm³/mol. The number of benzene rings is 7. The number of aryl methyl sites for hydroxylation is 2. The second-order valence-corrected chi connectivity index (χ2v) is 12.6. The van der Waals surface area contributed by atoms with E-state index in [0.29, 0.717) is 0 Å². The lowest BCUT2D eigenvalue weighted by Gasteiger charge is -2.28. The van der Waals surface area contributed by atoms with Crippen molar-refractivity contribution < 1.29 is 0 Å². The minimum atomic E-state index is 1.12. The fourth-order valence-electron chi connectivity index (χ4n) is 7.02. The van der Waals surface area contributed by atoms with Crippen LogP contribution in [0.3, 0.4) is 0 Å². The van der Waals surface area contributed by atoms with E-state index in [2.05, 4.69) is 192 Å². The maximum absolute atomic E-state index is 2.40. The Morgan fingerprint density at radius 1 is 0.333 bits per heavy atom. The first-order valence-corrected chi connectivity index (χ1v) is 17.0. The molecule has 1 aliphatic rings. The third-order valence-electron chi connectivity index (χ3n) is 9.60. The first-order valence-electron chi connectivity index (χ1n) is 17.0. The van der Waals surface area contributed by atoms with E-state index in [4.69, 9.17) is 0 Å². The topological polar surface area (TPSA) is 9.72 Å². The van der Waals surface area contributed by atoms with E-state index in [-0.39, 0.29) is 0 Å². The van der Waals surface area contributed by atoms with Gasteiger partial charge in [-0.2, -0.15) is 0 Å². The number of nitrogens with zero attached hydrogens (tertiary/aromatic N) is 3. The van der Waals surface area contributed by atoms with E-state index in [1.54, 1.807) is 0 Å². The molecule has 0 N–H and O–H groups in total. The zero-order valence-corrected chi connectivity index (χ0v) is 27.3. The molecule has 0 saturated heterocycles. The fraction of sp³-hybridized carbons (Fsp3) is 0.111. The monoisotopic (exact) mass is 621 g/mol. The second-order valence-electron chi connectivity index (χ2n) is 12.6. The van der Waals surface area contributed by atoms with Gasteiger partial charge >= 0.3 is 0 Å². The molecule has 0 heterocycles. The van der Waals surface area contributed by atoms with E-state index < -0.39 is 0 Å². The molecule has 1 aliphatic carbocycles. The van der Waals surface area contributed by atoms with Crippen molar-refractivity contribution in [3.05, 3.63) is 181 Å². The van der Waals surface area contributed by atoms with Crippen molar-refractivity contribution in [2.24, 2.45) is 0 Å². The van der Waals surface area contributed by atoms with Crippen LogP contribution in [0, 0.1) is 0 Å². The van der Waals surface area contributed by atoms with Crippen LogP contribution in [0.4, 0.5) is 45.5 Å². The summed E-state index contributed by atoms with van der Waals surface area (Å²) in [6.07, 6.45) is 4.93. The minimum Gasteiger partial charge on any atom is -0.345 e. The molecule has 0 atom stereocenters. The van der Waals surface area contributed by atoms with Gasteiger partial charge in [0, 0.05) is 52.5 Å². The summed E-state index contributed by atoms with van der Waals surface area (Å²) in [6.45, 7) is 0. The Balaban J connectivity index is 1.08. The van der Waals surface area contributed by atoms with Crippen LogP contribution in [-0.4, -0.2) is 7.05 Å². The molecule has 7 aromatic rings. The average Bonchev–Trinajstić information content (AvgIpc) is 3.16. The van der Waals surface area contributed by atoms with Gasteiger partial charge in [-0.05, 0) is 145 Å². The summed E-state index contributed by atoms with van der Waals surface area (Å²) >= 11 is 0. The Kier molecular flexibility index (Phi) is 8.10. The van der Waals surface area contributed by atoms with Crippen molar-refractivity contribution >= 4 is 56.3 Å². The largest absolute Gasteiger partial charge is 0.345 e. The number of hydrogen-bond acceptors (Lipinski definition) is 3. The Bertz CT molecular complexity index is 2140. The molecule has 48 heavy (non-hydrogen) atoms. The molecule has 8 rings (SSSR count). The summed E-state index contributed by atoms with van der Waals surface area (Å²) < 4.78 is 0. The minimum absolute atomic E-state index is 1.12. The third kappa shape index (κ3) is 5.91. The Morgan fingerprint density at radius 2 is 0.750 bits per heavy atom. The van der Waals surface area contributed by atoms with Gasteiger partial charge in [-0.15, -0.1) is 0 Å². The number of rotatable bonds is 8.